The fourth-order valence-corrected chi connectivity index (χ4v) is 4.46. The van der Waals surface area contributed by atoms with E-state index in [9.17, 15) is 0 Å². The van der Waals surface area contributed by atoms with Crippen LogP contribution in [0.3, 0.4) is 0 Å². The van der Waals surface area contributed by atoms with Gasteiger partial charge < -0.3 is 15.0 Å². The maximum Gasteiger partial charge on any atom is 0.0475 e. The molecule has 3 nitrogen and oxygen atoms in total. The first kappa shape index (κ1) is 13.6. The number of ether oxygens (including phenoxy) is 1. The van der Waals surface area contributed by atoms with Gasteiger partial charge in [0.2, 0.25) is 0 Å². The standard InChI is InChI=1S/C18H26N2O/c1-2-4-17-16(3-1)18(7-11-21-12-8-18)14-20(17)13-15-5-9-19-10-6-15/h1-4,15,19H,5-14H2. The van der Waals surface area contributed by atoms with Gasteiger partial charge in [0.05, 0.1) is 0 Å². The number of nitrogens with zero attached hydrogens (tertiary/aromatic N) is 1. The van der Waals surface area contributed by atoms with E-state index in [2.05, 4.69) is 34.5 Å². The molecule has 21 heavy (non-hydrogen) atoms. The molecule has 1 aromatic rings. The van der Waals surface area contributed by atoms with Gasteiger partial charge in [-0.2, -0.15) is 0 Å². The Hall–Kier alpha value is -1.06. The summed E-state index contributed by atoms with van der Waals surface area (Å²) >= 11 is 0. The van der Waals surface area contributed by atoms with E-state index in [-0.39, 0.29) is 0 Å². The van der Waals surface area contributed by atoms with Crippen molar-refractivity contribution in [2.45, 2.75) is 31.1 Å². The van der Waals surface area contributed by atoms with Crippen molar-refractivity contribution in [2.75, 3.05) is 44.3 Å². The third-order valence-corrected chi connectivity index (χ3v) is 5.70. The molecular weight excluding hydrogens is 260 g/mol. The molecule has 3 heterocycles. The van der Waals surface area contributed by atoms with Gasteiger partial charge in [-0.15, -0.1) is 0 Å². The topological polar surface area (TPSA) is 24.5 Å². The summed E-state index contributed by atoms with van der Waals surface area (Å²) in [5.41, 5.74) is 3.45. The van der Waals surface area contributed by atoms with Crippen LogP contribution in [0.25, 0.3) is 0 Å². The number of benzene rings is 1. The molecule has 1 aromatic carbocycles. The molecule has 3 heteroatoms. The molecule has 3 aliphatic rings. The average Bonchev–Trinajstić information content (AvgIpc) is 2.83. The number of anilines is 1. The summed E-state index contributed by atoms with van der Waals surface area (Å²) in [4.78, 5) is 2.68. The molecule has 3 aliphatic heterocycles. The molecule has 4 rings (SSSR count). The van der Waals surface area contributed by atoms with Crippen molar-refractivity contribution in [1.82, 2.24) is 5.32 Å². The molecule has 0 aliphatic carbocycles. The second kappa shape index (κ2) is 5.62. The third-order valence-electron chi connectivity index (χ3n) is 5.70. The molecule has 1 spiro atoms. The molecule has 2 saturated heterocycles. The lowest BCUT2D eigenvalue weighted by Gasteiger charge is -2.35. The molecule has 114 valence electrons. The number of rotatable bonds is 2. The van der Waals surface area contributed by atoms with E-state index in [1.54, 1.807) is 5.56 Å². The van der Waals surface area contributed by atoms with E-state index in [0.29, 0.717) is 5.41 Å². The van der Waals surface area contributed by atoms with Crippen LogP contribution in [0.4, 0.5) is 5.69 Å². The van der Waals surface area contributed by atoms with Gasteiger partial charge in [0.25, 0.3) is 0 Å². The quantitative estimate of drug-likeness (QED) is 0.904. The number of hydrogen-bond donors (Lipinski definition) is 1. The molecule has 0 saturated carbocycles. The van der Waals surface area contributed by atoms with Gasteiger partial charge in [-0.25, -0.2) is 0 Å². The van der Waals surface area contributed by atoms with Crippen molar-refractivity contribution in [3.05, 3.63) is 29.8 Å². The van der Waals surface area contributed by atoms with Crippen LogP contribution in [-0.2, 0) is 10.2 Å². The molecule has 1 N–H and O–H groups in total. The number of hydrogen-bond acceptors (Lipinski definition) is 3. The summed E-state index contributed by atoms with van der Waals surface area (Å²) in [6.45, 7) is 6.68. The highest BCUT2D eigenvalue weighted by molar-refractivity contribution is 5.62. The smallest absolute Gasteiger partial charge is 0.0475 e. The Morgan fingerprint density at radius 2 is 1.90 bits per heavy atom. The Kier molecular flexibility index (Phi) is 3.64. The van der Waals surface area contributed by atoms with Gasteiger partial charge in [0.1, 0.15) is 0 Å². The Labute approximate surface area is 127 Å². The van der Waals surface area contributed by atoms with Gasteiger partial charge in [0, 0.05) is 37.4 Å². The van der Waals surface area contributed by atoms with Crippen molar-refractivity contribution in [3.8, 4) is 0 Å². The van der Waals surface area contributed by atoms with Crippen LogP contribution >= 0.6 is 0 Å². The second-order valence-corrected chi connectivity index (χ2v) is 6.98. The Morgan fingerprint density at radius 1 is 1.14 bits per heavy atom. The lowest BCUT2D eigenvalue weighted by atomic mass is 9.76. The highest BCUT2D eigenvalue weighted by Gasteiger charge is 2.43. The largest absolute Gasteiger partial charge is 0.381 e. The maximum absolute atomic E-state index is 5.63. The average molecular weight is 286 g/mol. The summed E-state index contributed by atoms with van der Waals surface area (Å²) in [5.74, 6) is 0.856. The normalized spacial score (nSPS) is 25.2. The summed E-state index contributed by atoms with van der Waals surface area (Å²) < 4.78 is 5.63. The van der Waals surface area contributed by atoms with Crippen molar-refractivity contribution >= 4 is 5.69 Å². The van der Waals surface area contributed by atoms with Crippen LogP contribution in [0.5, 0.6) is 0 Å². The van der Waals surface area contributed by atoms with E-state index < -0.39 is 0 Å². The zero-order chi connectivity index (χ0) is 14.1. The van der Waals surface area contributed by atoms with E-state index in [0.717, 1.165) is 19.1 Å². The molecule has 0 amide bonds. The number of nitrogens with one attached hydrogen (secondary N) is 1. The van der Waals surface area contributed by atoms with Crippen LogP contribution in [0.15, 0.2) is 24.3 Å². The Balaban J connectivity index is 1.58. The summed E-state index contributed by atoms with van der Waals surface area (Å²) in [5, 5.41) is 3.48. The minimum absolute atomic E-state index is 0.363. The highest BCUT2D eigenvalue weighted by Crippen LogP contribution is 2.46. The Bertz CT molecular complexity index is 490. The fraction of sp³-hybridized carbons (Fsp3) is 0.667. The summed E-state index contributed by atoms with van der Waals surface area (Å²) in [6, 6.07) is 9.11. The van der Waals surface area contributed by atoms with Crippen LogP contribution in [-0.4, -0.2) is 39.4 Å². The lowest BCUT2D eigenvalue weighted by Crippen LogP contribution is -2.41. The maximum atomic E-state index is 5.63. The summed E-state index contributed by atoms with van der Waals surface area (Å²) in [6.07, 6.45) is 5.03. The fourth-order valence-electron chi connectivity index (χ4n) is 4.46. The van der Waals surface area contributed by atoms with Crippen molar-refractivity contribution in [3.63, 3.8) is 0 Å². The van der Waals surface area contributed by atoms with Gasteiger partial charge in [-0.1, -0.05) is 18.2 Å². The molecule has 2 fully saturated rings. The minimum Gasteiger partial charge on any atom is -0.381 e. The molecular formula is C18H26N2O. The minimum atomic E-state index is 0.363. The monoisotopic (exact) mass is 286 g/mol. The predicted molar refractivity (Wildman–Crippen MR) is 86.0 cm³/mol. The van der Waals surface area contributed by atoms with Crippen LogP contribution in [0, 0.1) is 5.92 Å². The molecule has 0 atom stereocenters. The molecule has 0 bridgehead atoms. The van der Waals surface area contributed by atoms with Gasteiger partial charge >= 0.3 is 0 Å². The van der Waals surface area contributed by atoms with E-state index in [4.69, 9.17) is 4.74 Å². The third kappa shape index (κ3) is 2.47. The molecule has 0 radical (unpaired) electrons. The van der Waals surface area contributed by atoms with Gasteiger partial charge in [0.15, 0.2) is 0 Å². The van der Waals surface area contributed by atoms with Crippen molar-refractivity contribution < 1.29 is 4.74 Å². The van der Waals surface area contributed by atoms with Crippen LogP contribution < -0.4 is 10.2 Å². The van der Waals surface area contributed by atoms with Crippen LogP contribution in [0.1, 0.15) is 31.2 Å². The summed E-state index contributed by atoms with van der Waals surface area (Å²) in [7, 11) is 0. The zero-order valence-corrected chi connectivity index (χ0v) is 12.8. The van der Waals surface area contributed by atoms with Crippen molar-refractivity contribution in [1.29, 1.82) is 0 Å². The SMILES string of the molecule is c1ccc2c(c1)N(CC1CCNCC1)CC21CCOCC1. The highest BCUT2D eigenvalue weighted by atomic mass is 16.5. The number of para-hydroxylation sites is 1. The van der Waals surface area contributed by atoms with E-state index >= 15 is 0 Å². The predicted octanol–water partition coefficient (Wildman–Crippen LogP) is 2.55. The molecule has 0 unspecified atom stereocenters. The zero-order valence-electron chi connectivity index (χ0n) is 12.8. The molecule has 0 aromatic heterocycles. The van der Waals surface area contributed by atoms with Crippen LogP contribution in [0.2, 0.25) is 0 Å². The first-order valence-corrected chi connectivity index (χ1v) is 8.50. The first-order valence-electron chi connectivity index (χ1n) is 8.50. The van der Waals surface area contributed by atoms with E-state index in [1.807, 2.05) is 0 Å². The Morgan fingerprint density at radius 3 is 2.71 bits per heavy atom. The van der Waals surface area contributed by atoms with E-state index in [1.165, 1.54) is 57.5 Å². The van der Waals surface area contributed by atoms with Gasteiger partial charge in [-0.05, 0) is 56.3 Å². The van der Waals surface area contributed by atoms with Crippen molar-refractivity contribution in [2.24, 2.45) is 5.92 Å². The second-order valence-electron chi connectivity index (χ2n) is 6.98. The number of fused-ring (bicyclic) bond motifs is 2. The first-order chi connectivity index (χ1) is 10.4. The number of piperidine rings is 1. The lowest BCUT2D eigenvalue weighted by molar-refractivity contribution is 0.0551. The van der Waals surface area contributed by atoms with Gasteiger partial charge in [-0.3, -0.25) is 0 Å².